The highest BCUT2D eigenvalue weighted by molar-refractivity contribution is 14.1. The van der Waals surface area contributed by atoms with E-state index in [1.807, 2.05) is 6.07 Å². The molecule has 1 N–H and O–H groups in total. The highest BCUT2D eigenvalue weighted by atomic mass is 127. The molecule has 0 spiro atoms. The molecule has 0 aliphatic heterocycles. The topological polar surface area (TPSA) is 63.8 Å². The summed E-state index contributed by atoms with van der Waals surface area (Å²) in [5, 5.41) is 8.78. The largest absolute Gasteiger partial charge is 0.394 e. The highest BCUT2D eigenvalue weighted by Crippen LogP contribution is 2.22. The molecule has 25 heavy (non-hydrogen) atoms. The molecule has 0 unspecified atom stereocenters. The number of halogens is 2. The van der Waals surface area contributed by atoms with E-state index in [9.17, 15) is 9.18 Å². The number of carbonyl (C=O) groups is 1. The second-order valence-electron chi connectivity index (χ2n) is 5.49. The number of aromatic nitrogens is 2. The number of ketones is 1. The molecule has 3 aromatic rings. The molecule has 2 aromatic heterocycles. The summed E-state index contributed by atoms with van der Waals surface area (Å²) in [6.45, 7) is -0.176. The van der Waals surface area contributed by atoms with Crippen LogP contribution in [0.4, 0.5) is 4.39 Å². The lowest BCUT2D eigenvalue weighted by molar-refractivity contribution is 0.0663. The average Bonchev–Trinajstić information content (AvgIpc) is 2.96. The number of nitrogens with zero attached hydrogens (tertiary/aromatic N) is 2. The van der Waals surface area contributed by atoms with Crippen LogP contribution in [-0.2, 0) is 11.2 Å². The van der Waals surface area contributed by atoms with E-state index in [4.69, 9.17) is 9.84 Å². The molecule has 0 aliphatic rings. The number of rotatable bonds is 7. The first-order chi connectivity index (χ1) is 12.1. The fourth-order valence-corrected chi connectivity index (χ4v) is 3.10. The molecule has 130 valence electrons. The Labute approximate surface area is 157 Å². The minimum absolute atomic E-state index is 0.0990. The maximum atomic E-state index is 14.3. The summed E-state index contributed by atoms with van der Waals surface area (Å²) in [6.07, 6.45) is 3.52. The molecule has 0 saturated carbocycles. The predicted octanol–water partition coefficient (Wildman–Crippen LogP) is 2.86. The number of carbonyl (C=O) groups excluding carboxylic acids is 1. The third-order valence-electron chi connectivity index (χ3n) is 3.83. The van der Waals surface area contributed by atoms with Crippen LogP contribution in [0.3, 0.4) is 0 Å². The number of benzene rings is 1. The van der Waals surface area contributed by atoms with Gasteiger partial charge in [0.1, 0.15) is 12.4 Å². The van der Waals surface area contributed by atoms with Gasteiger partial charge in [0.25, 0.3) is 0 Å². The number of hydrogen-bond donors (Lipinski definition) is 1. The predicted molar refractivity (Wildman–Crippen MR) is 99.4 cm³/mol. The van der Waals surface area contributed by atoms with Crippen LogP contribution < -0.4 is 0 Å². The van der Waals surface area contributed by atoms with E-state index in [1.54, 1.807) is 35.1 Å². The first kappa shape index (κ1) is 18.0. The van der Waals surface area contributed by atoms with Crippen LogP contribution in [0.1, 0.15) is 21.6 Å². The Balaban J connectivity index is 1.99. The fourth-order valence-electron chi connectivity index (χ4n) is 2.65. The van der Waals surface area contributed by atoms with Crippen LogP contribution in [-0.4, -0.2) is 40.1 Å². The van der Waals surface area contributed by atoms with E-state index in [-0.39, 0.29) is 37.8 Å². The molecule has 2 heterocycles. The Bertz CT molecular complexity index is 910. The third kappa shape index (κ3) is 4.05. The van der Waals surface area contributed by atoms with Gasteiger partial charge in [0, 0.05) is 33.0 Å². The van der Waals surface area contributed by atoms with Gasteiger partial charge in [0.05, 0.1) is 19.5 Å². The number of fused-ring (bicyclic) bond motifs is 1. The van der Waals surface area contributed by atoms with E-state index in [0.717, 1.165) is 9.09 Å². The zero-order valence-electron chi connectivity index (χ0n) is 13.3. The summed E-state index contributed by atoms with van der Waals surface area (Å²) in [7, 11) is 0. The Kier molecular flexibility index (Phi) is 5.77. The maximum absolute atomic E-state index is 14.3. The van der Waals surface area contributed by atoms with Crippen molar-refractivity contribution in [3.05, 3.63) is 69.1 Å². The molecule has 0 amide bonds. The zero-order valence-corrected chi connectivity index (χ0v) is 15.4. The van der Waals surface area contributed by atoms with E-state index >= 15 is 0 Å². The molecule has 7 heteroatoms. The van der Waals surface area contributed by atoms with E-state index < -0.39 is 0 Å². The monoisotopic (exact) mass is 454 g/mol. The highest BCUT2D eigenvalue weighted by Gasteiger charge is 2.18. The summed E-state index contributed by atoms with van der Waals surface area (Å²) in [4.78, 5) is 16.6. The van der Waals surface area contributed by atoms with Crippen molar-refractivity contribution in [3.63, 3.8) is 0 Å². The van der Waals surface area contributed by atoms with Crippen molar-refractivity contribution in [2.45, 2.75) is 6.42 Å². The number of ether oxygens (including phenoxy) is 1. The van der Waals surface area contributed by atoms with E-state index in [0.29, 0.717) is 16.8 Å². The van der Waals surface area contributed by atoms with Gasteiger partial charge >= 0.3 is 0 Å². The maximum Gasteiger partial charge on any atom is 0.190 e. The third-order valence-corrected chi connectivity index (χ3v) is 4.50. The van der Waals surface area contributed by atoms with Gasteiger partial charge in [-0.05, 0) is 52.4 Å². The lowest BCUT2D eigenvalue weighted by Crippen LogP contribution is -2.13. The average molecular weight is 454 g/mol. The van der Waals surface area contributed by atoms with Crippen molar-refractivity contribution >= 4 is 33.9 Å². The van der Waals surface area contributed by atoms with Crippen LogP contribution in [0, 0.1) is 9.39 Å². The molecule has 0 aliphatic carbocycles. The van der Waals surface area contributed by atoms with Crippen LogP contribution in [0.15, 0.2) is 42.9 Å². The smallest absolute Gasteiger partial charge is 0.190 e. The number of Topliss-reactive ketones (excluding diaryl/α,β-unsaturated/α-hetero) is 1. The quantitative estimate of drug-likeness (QED) is 0.339. The minimum atomic E-state index is -0.305. The molecule has 0 saturated heterocycles. The van der Waals surface area contributed by atoms with Gasteiger partial charge in [0.2, 0.25) is 0 Å². The molecule has 3 rings (SSSR count). The molecule has 5 nitrogen and oxygen atoms in total. The van der Waals surface area contributed by atoms with Crippen molar-refractivity contribution in [1.29, 1.82) is 0 Å². The normalized spacial score (nSPS) is 11.2. The second kappa shape index (κ2) is 8.03. The van der Waals surface area contributed by atoms with Gasteiger partial charge in [-0.3, -0.25) is 4.79 Å². The summed E-state index contributed by atoms with van der Waals surface area (Å²) in [5.41, 5.74) is 2.46. The van der Waals surface area contributed by atoms with Crippen LogP contribution in [0.2, 0.25) is 0 Å². The summed E-state index contributed by atoms with van der Waals surface area (Å²) < 4.78 is 22.0. The van der Waals surface area contributed by atoms with Gasteiger partial charge in [-0.15, -0.1) is 0 Å². The molecular formula is C18H16FIN2O3. The summed E-state index contributed by atoms with van der Waals surface area (Å²) in [6, 6.07) is 8.57. The molecular weight excluding hydrogens is 438 g/mol. The first-order valence-corrected chi connectivity index (χ1v) is 8.77. The SMILES string of the molecule is O=C(COCCO)c1cc2ccncn2c1Cc1ccc(I)cc1F. The summed E-state index contributed by atoms with van der Waals surface area (Å²) in [5.74, 6) is -0.515. The number of aliphatic hydroxyl groups is 1. The van der Waals surface area contributed by atoms with E-state index in [2.05, 4.69) is 27.6 Å². The van der Waals surface area contributed by atoms with Crippen LogP contribution in [0.25, 0.3) is 5.52 Å². The van der Waals surface area contributed by atoms with Crippen LogP contribution >= 0.6 is 22.6 Å². The Morgan fingerprint density at radius 1 is 1.32 bits per heavy atom. The molecule has 0 atom stereocenters. The molecule has 1 aromatic carbocycles. The van der Waals surface area contributed by atoms with Gasteiger partial charge in [-0.1, -0.05) is 6.07 Å². The van der Waals surface area contributed by atoms with Crippen molar-refractivity contribution in [1.82, 2.24) is 9.38 Å². The molecule has 0 radical (unpaired) electrons. The lowest BCUT2D eigenvalue weighted by atomic mass is 10.0. The van der Waals surface area contributed by atoms with Gasteiger partial charge in [-0.2, -0.15) is 0 Å². The first-order valence-electron chi connectivity index (χ1n) is 7.70. The van der Waals surface area contributed by atoms with Crippen molar-refractivity contribution < 1.29 is 19.0 Å². The van der Waals surface area contributed by atoms with Gasteiger partial charge < -0.3 is 14.2 Å². The zero-order chi connectivity index (χ0) is 17.8. The van der Waals surface area contributed by atoms with Crippen LogP contribution in [0.5, 0.6) is 0 Å². The molecule has 0 fully saturated rings. The van der Waals surface area contributed by atoms with Crippen molar-refractivity contribution in [2.24, 2.45) is 0 Å². The Morgan fingerprint density at radius 2 is 2.16 bits per heavy atom. The van der Waals surface area contributed by atoms with Gasteiger partial charge in [0.15, 0.2) is 5.78 Å². The Morgan fingerprint density at radius 3 is 2.92 bits per heavy atom. The summed E-state index contributed by atoms with van der Waals surface area (Å²) >= 11 is 2.06. The number of aliphatic hydroxyl groups excluding tert-OH is 1. The van der Waals surface area contributed by atoms with E-state index in [1.165, 1.54) is 6.07 Å². The van der Waals surface area contributed by atoms with Crippen molar-refractivity contribution in [3.8, 4) is 0 Å². The lowest BCUT2D eigenvalue weighted by Gasteiger charge is -2.08. The van der Waals surface area contributed by atoms with Gasteiger partial charge in [-0.25, -0.2) is 9.37 Å². The standard InChI is InChI=1S/C18H16FIN2O3/c19-16-8-13(20)2-1-12(16)7-17-15(18(24)10-25-6-5-23)9-14-3-4-21-11-22(14)17/h1-4,8-9,11,23H,5-7,10H2. The fraction of sp³-hybridized carbons (Fsp3) is 0.222. The Hall–Kier alpha value is -1.84. The number of hydrogen-bond acceptors (Lipinski definition) is 4. The second-order valence-corrected chi connectivity index (χ2v) is 6.74. The van der Waals surface area contributed by atoms with Crippen molar-refractivity contribution in [2.75, 3.05) is 19.8 Å². The molecule has 0 bridgehead atoms. The minimum Gasteiger partial charge on any atom is -0.394 e.